The molecule has 1 rings (SSSR count). The SMILES string of the molecule is C=C(C)C(=O)OCCNC(=O)OCCCCCCCOC(=O)NCC1(C)CCCC(NC(=O)OCC(F)(F)OCCC)C1. The number of halogens is 2. The molecule has 248 valence electrons. The fourth-order valence-corrected chi connectivity index (χ4v) is 4.38. The molecule has 2 unspecified atom stereocenters. The highest BCUT2D eigenvalue weighted by Crippen LogP contribution is 2.35. The summed E-state index contributed by atoms with van der Waals surface area (Å²) < 4.78 is 51.3. The molecule has 0 radical (unpaired) electrons. The zero-order chi connectivity index (χ0) is 32.1. The summed E-state index contributed by atoms with van der Waals surface area (Å²) in [7, 11) is 0. The topological polar surface area (TPSA) is 151 Å². The maximum absolute atomic E-state index is 13.5. The third-order valence-corrected chi connectivity index (χ3v) is 6.65. The van der Waals surface area contributed by atoms with Crippen molar-refractivity contribution in [3.05, 3.63) is 12.2 Å². The fourth-order valence-electron chi connectivity index (χ4n) is 4.38. The van der Waals surface area contributed by atoms with Crippen LogP contribution < -0.4 is 16.0 Å². The van der Waals surface area contributed by atoms with E-state index in [2.05, 4.69) is 32.0 Å². The van der Waals surface area contributed by atoms with Crippen LogP contribution in [0.2, 0.25) is 0 Å². The smallest absolute Gasteiger partial charge is 0.407 e. The lowest BCUT2D eigenvalue weighted by molar-refractivity contribution is -0.256. The van der Waals surface area contributed by atoms with Crippen LogP contribution in [-0.2, 0) is 28.5 Å². The Hall–Kier alpha value is -3.16. The Bertz CT molecular complexity index is 891. The van der Waals surface area contributed by atoms with Gasteiger partial charge >= 0.3 is 30.4 Å². The van der Waals surface area contributed by atoms with Crippen LogP contribution in [0.1, 0.15) is 85.0 Å². The van der Waals surface area contributed by atoms with Crippen LogP contribution in [0.25, 0.3) is 0 Å². The Morgan fingerprint density at radius 3 is 2.14 bits per heavy atom. The molecule has 0 aromatic rings. The quantitative estimate of drug-likeness (QED) is 0.0721. The lowest BCUT2D eigenvalue weighted by Crippen LogP contribution is -2.46. The van der Waals surface area contributed by atoms with Gasteiger partial charge in [-0.05, 0) is 50.9 Å². The Labute approximate surface area is 252 Å². The van der Waals surface area contributed by atoms with E-state index in [-0.39, 0.29) is 44.4 Å². The summed E-state index contributed by atoms with van der Waals surface area (Å²) in [5.74, 6) is -0.510. The molecule has 1 aliphatic carbocycles. The van der Waals surface area contributed by atoms with Crippen LogP contribution in [0.15, 0.2) is 12.2 Å². The van der Waals surface area contributed by atoms with Crippen LogP contribution in [-0.4, -0.2) is 82.5 Å². The number of hydrogen-bond acceptors (Lipinski definition) is 9. The number of carbonyl (C=O) groups excluding carboxylic acids is 4. The van der Waals surface area contributed by atoms with E-state index < -0.39 is 37.0 Å². The van der Waals surface area contributed by atoms with E-state index in [0.717, 1.165) is 32.1 Å². The highest BCUT2D eigenvalue weighted by molar-refractivity contribution is 5.86. The van der Waals surface area contributed by atoms with Gasteiger partial charge in [0.25, 0.3) is 0 Å². The Morgan fingerprint density at radius 1 is 0.884 bits per heavy atom. The van der Waals surface area contributed by atoms with Gasteiger partial charge in [-0.2, -0.15) is 8.78 Å². The van der Waals surface area contributed by atoms with Crippen LogP contribution in [0.3, 0.4) is 0 Å². The Morgan fingerprint density at radius 2 is 1.51 bits per heavy atom. The number of amides is 3. The first-order valence-electron chi connectivity index (χ1n) is 14.9. The molecule has 0 aromatic heterocycles. The van der Waals surface area contributed by atoms with Crippen molar-refractivity contribution in [1.82, 2.24) is 16.0 Å². The molecule has 0 spiro atoms. The van der Waals surface area contributed by atoms with Crippen molar-refractivity contribution >= 4 is 24.2 Å². The standard InChI is InChI=1S/C29H49F2N3O9/c1-5-15-43-29(30,31)21-42-27(38)34-23-12-11-13-28(4,19-23)20-33-26(37)41-17-10-8-6-7-9-16-40-25(36)32-14-18-39-24(35)22(2)3/h23H,2,5-21H2,1,3-4H3,(H,32,36)(H,33,37)(H,34,38). The first-order valence-corrected chi connectivity index (χ1v) is 14.9. The van der Waals surface area contributed by atoms with Gasteiger partial charge in [0, 0.05) is 18.2 Å². The molecule has 0 heterocycles. The molecular formula is C29H49F2N3O9. The van der Waals surface area contributed by atoms with Gasteiger partial charge < -0.3 is 39.6 Å². The Balaban J connectivity index is 2.09. The molecule has 3 N–H and O–H groups in total. The number of rotatable bonds is 20. The first kappa shape index (κ1) is 37.9. The van der Waals surface area contributed by atoms with Crippen LogP contribution >= 0.6 is 0 Å². The highest BCUT2D eigenvalue weighted by Gasteiger charge is 2.35. The van der Waals surface area contributed by atoms with Crippen LogP contribution in [0.5, 0.6) is 0 Å². The normalized spacial score (nSPS) is 18.2. The Kier molecular flexibility index (Phi) is 18.2. The monoisotopic (exact) mass is 621 g/mol. The molecule has 3 amide bonds. The minimum atomic E-state index is -3.53. The third-order valence-electron chi connectivity index (χ3n) is 6.65. The zero-order valence-corrected chi connectivity index (χ0v) is 25.7. The van der Waals surface area contributed by atoms with E-state index in [1.54, 1.807) is 6.92 Å². The van der Waals surface area contributed by atoms with Crippen molar-refractivity contribution in [2.45, 2.75) is 97.1 Å². The number of esters is 1. The summed E-state index contributed by atoms with van der Waals surface area (Å²) in [5, 5.41) is 7.92. The molecule has 0 aliphatic heterocycles. The molecule has 1 aliphatic rings. The van der Waals surface area contributed by atoms with E-state index in [4.69, 9.17) is 14.2 Å². The zero-order valence-electron chi connectivity index (χ0n) is 25.7. The van der Waals surface area contributed by atoms with Crippen molar-refractivity contribution in [3.63, 3.8) is 0 Å². The van der Waals surface area contributed by atoms with Crippen molar-refractivity contribution in [1.29, 1.82) is 0 Å². The number of nitrogens with one attached hydrogen (secondary N) is 3. The number of alkyl halides is 2. The molecule has 43 heavy (non-hydrogen) atoms. The van der Waals surface area contributed by atoms with Gasteiger partial charge in [0.1, 0.15) is 6.61 Å². The van der Waals surface area contributed by atoms with Crippen molar-refractivity contribution in [2.24, 2.45) is 5.41 Å². The second kappa shape index (κ2) is 20.7. The molecule has 1 saturated carbocycles. The fraction of sp³-hybridized carbons (Fsp3) is 0.793. The molecule has 2 atom stereocenters. The van der Waals surface area contributed by atoms with Crippen molar-refractivity contribution in [3.8, 4) is 0 Å². The number of carbonyl (C=O) groups is 4. The molecule has 0 bridgehead atoms. The van der Waals surface area contributed by atoms with E-state index in [1.165, 1.54) is 6.92 Å². The van der Waals surface area contributed by atoms with Crippen LogP contribution in [0, 0.1) is 5.41 Å². The van der Waals surface area contributed by atoms with Gasteiger partial charge in [0.15, 0.2) is 6.61 Å². The number of ether oxygens (including phenoxy) is 5. The van der Waals surface area contributed by atoms with Gasteiger partial charge in [0.05, 0.1) is 26.4 Å². The highest BCUT2D eigenvalue weighted by atomic mass is 19.3. The summed E-state index contributed by atoms with van der Waals surface area (Å²) in [4.78, 5) is 47.0. The maximum Gasteiger partial charge on any atom is 0.407 e. The predicted octanol–water partition coefficient (Wildman–Crippen LogP) is 5.20. The lowest BCUT2D eigenvalue weighted by Gasteiger charge is -2.38. The largest absolute Gasteiger partial charge is 0.460 e. The molecule has 0 saturated heterocycles. The average molecular weight is 622 g/mol. The van der Waals surface area contributed by atoms with Gasteiger partial charge in [-0.1, -0.05) is 46.1 Å². The first-order chi connectivity index (χ1) is 20.4. The lowest BCUT2D eigenvalue weighted by atomic mass is 9.73. The number of unbranched alkanes of at least 4 members (excludes halogenated alkanes) is 4. The number of alkyl carbamates (subject to hydrolysis) is 3. The maximum atomic E-state index is 13.5. The minimum absolute atomic E-state index is 0.0414. The minimum Gasteiger partial charge on any atom is -0.460 e. The van der Waals surface area contributed by atoms with Crippen molar-refractivity contribution in [2.75, 3.05) is 46.1 Å². The van der Waals surface area contributed by atoms with E-state index >= 15 is 0 Å². The molecular weight excluding hydrogens is 572 g/mol. The van der Waals surface area contributed by atoms with E-state index in [9.17, 15) is 28.0 Å². The van der Waals surface area contributed by atoms with Gasteiger partial charge in [-0.25, -0.2) is 19.2 Å². The van der Waals surface area contributed by atoms with Crippen LogP contribution in [0.4, 0.5) is 23.2 Å². The summed E-state index contributed by atoms with van der Waals surface area (Å²) in [6.45, 7) is 8.52. The van der Waals surface area contributed by atoms with Gasteiger partial charge in [-0.15, -0.1) is 0 Å². The van der Waals surface area contributed by atoms with Gasteiger partial charge in [0.2, 0.25) is 0 Å². The van der Waals surface area contributed by atoms with E-state index in [1.807, 2.05) is 6.92 Å². The molecule has 1 fully saturated rings. The third kappa shape index (κ3) is 18.9. The van der Waals surface area contributed by atoms with E-state index in [0.29, 0.717) is 44.2 Å². The molecule has 14 heteroatoms. The second-order valence-electron chi connectivity index (χ2n) is 11.0. The average Bonchev–Trinajstić information content (AvgIpc) is 2.95. The summed E-state index contributed by atoms with van der Waals surface area (Å²) >= 11 is 0. The molecule has 0 aromatic carbocycles. The molecule has 12 nitrogen and oxygen atoms in total. The summed E-state index contributed by atoms with van der Waals surface area (Å²) in [6, 6.07) is -0.257. The van der Waals surface area contributed by atoms with Gasteiger partial charge in [-0.3, -0.25) is 0 Å². The predicted molar refractivity (Wildman–Crippen MR) is 154 cm³/mol. The summed E-state index contributed by atoms with van der Waals surface area (Å²) in [5.41, 5.74) is -0.00137. The summed E-state index contributed by atoms with van der Waals surface area (Å²) in [6.07, 6.45) is 1.77. The number of hydrogen-bond donors (Lipinski definition) is 3. The van der Waals surface area contributed by atoms with Crippen molar-refractivity contribution < 1.29 is 51.6 Å². The second-order valence-corrected chi connectivity index (χ2v) is 11.0.